The number of sulfonamides is 1. The number of fused-ring (bicyclic) bond motifs is 1. The zero-order valence-electron chi connectivity index (χ0n) is 20.9. The first-order valence-electron chi connectivity index (χ1n) is 12.1. The molecule has 12 heteroatoms. The van der Waals surface area contributed by atoms with Gasteiger partial charge in [-0.15, -0.1) is 0 Å². The van der Waals surface area contributed by atoms with Crippen molar-refractivity contribution in [3.8, 4) is 0 Å². The second kappa shape index (κ2) is 10.6. The predicted molar refractivity (Wildman–Crippen MR) is 126 cm³/mol. The minimum Gasteiger partial charge on any atom is -0.444 e. The molecule has 2 amide bonds. The Kier molecular flexibility index (Phi) is 8.29. The second-order valence-corrected chi connectivity index (χ2v) is 12.4. The van der Waals surface area contributed by atoms with Gasteiger partial charge in [-0.3, -0.25) is 4.79 Å². The normalized spacial score (nSPS) is 23.7. The standard InChI is InChI=1S/C24H34F3N3O5S/c1-5-7-20(29-22(32)35-23(2,3)4)21(31)28-19-11-10-15-13-30(14-18(15)19)36(33,34)17-9-6-8-16(12-17)24(25,26)27/h6,8-9,12,15,18-20H,5,7,10-11,13-14H2,1-4H3,(H,28,31)(H,29,32)/t15-,18+,19+,20+/m1/s1. The summed E-state index contributed by atoms with van der Waals surface area (Å²) in [5.74, 6) is -0.551. The minimum atomic E-state index is -4.65. The Hall–Kier alpha value is -2.34. The first-order valence-corrected chi connectivity index (χ1v) is 13.5. The van der Waals surface area contributed by atoms with E-state index in [1.807, 2.05) is 6.92 Å². The van der Waals surface area contributed by atoms with E-state index in [9.17, 15) is 31.2 Å². The van der Waals surface area contributed by atoms with Gasteiger partial charge in [-0.2, -0.15) is 17.5 Å². The van der Waals surface area contributed by atoms with Gasteiger partial charge in [0.2, 0.25) is 15.9 Å². The predicted octanol–water partition coefficient (Wildman–Crippen LogP) is 3.91. The van der Waals surface area contributed by atoms with Crippen molar-refractivity contribution in [2.75, 3.05) is 13.1 Å². The number of alkyl carbamates (subject to hydrolysis) is 1. The highest BCUT2D eigenvalue weighted by Crippen LogP contribution is 2.41. The summed E-state index contributed by atoms with van der Waals surface area (Å²) >= 11 is 0. The van der Waals surface area contributed by atoms with Crippen LogP contribution < -0.4 is 10.6 Å². The fraction of sp³-hybridized carbons (Fsp3) is 0.667. The van der Waals surface area contributed by atoms with E-state index in [2.05, 4.69) is 10.6 Å². The molecule has 1 aromatic rings. The van der Waals surface area contributed by atoms with Crippen LogP contribution in [0.15, 0.2) is 29.2 Å². The van der Waals surface area contributed by atoms with Gasteiger partial charge in [-0.05, 0) is 70.1 Å². The number of nitrogens with zero attached hydrogens (tertiary/aromatic N) is 1. The third-order valence-electron chi connectivity index (χ3n) is 6.53. The molecular weight excluding hydrogens is 499 g/mol. The van der Waals surface area contributed by atoms with Crippen LogP contribution in [0.25, 0.3) is 0 Å². The van der Waals surface area contributed by atoms with Gasteiger partial charge in [0.25, 0.3) is 0 Å². The molecule has 0 spiro atoms. The Labute approximate surface area is 210 Å². The molecule has 1 saturated heterocycles. The Morgan fingerprint density at radius 2 is 1.86 bits per heavy atom. The van der Waals surface area contributed by atoms with Crippen LogP contribution in [0.5, 0.6) is 0 Å². The summed E-state index contributed by atoms with van der Waals surface area (Å²) in [6.07, 6.45) is -2.95. The molecule has 4 atom stereocenters. The van der Waals surface area contributed by atoms with Gasteiger partial charge in [-0.25, -0.2) is 13.2 Å². The van der Waals surface area contributed by atoms with E-state index in [-0.39, 0.29) is 36.9 Å². The lowest BCUT2D eigenvalue weighted by Crippen LogP contribution is -2.51. The molecule has 1 heterocycles. The zero-order valence-corrected chi connectivity index (χ0v) is 21.7. The molecule has 36 heavy (non-hydrogen) atoms. The third-order valence-corrected chi connectivity index (χ3v) is 8.36. The number of carbonyl (C=O) groups excluding carboxylic acids is 2. The number of amides is 2. The monoisotopic (exact) mass is 533 g/mol. The van der Waals surface area contributed by atoms with Gasteiger partial charge in [0.1, 0.15) is 11.6 Å². The molecule has 1 aliphatic heterocycles. The SMILES string of the molecule is CCC[C@H](NC(=O)OC(C)(C)C)C(=O)N[C@H]1CC[C@@H]2CN(S(=O)(=O)c3cccc(C(F)(F)F)c3)C[C@@H]21. The number of hydrogen-bond donors (Lipinski definition) is 2. The molecule has 1 saturated carbocycles. The minimum absolute atomic E-state index is 0.0145. The first-order chi connectivity index (χ1) is 16.6. The molecule has 202 valence electrons. The van der Waals surface area contributed by atoms with Crippen LogP contribution in [0.4, 0.5) is 18.0 Å². The summed E-state index contributed by atoms with van der Waals surface area (Å²) in [5.41, 5.74) is -1.73. The largest absolute Gasteiger partial charge is 0.444 e. The zero-order chi connectivity index (χ0) is 26.9. The van der Waals surface area contributed by atoms with Crippen LogP contribution in [-0.4, -0.2) is 55.5 Å². The number of benzene rings is 1. The number of halogens is 3. The van der Waals surface area contributed by atoms with E-state index in [0.717, 1.165) is 18.2 Å². The Bertz CT molecular complexity index is 1070. The van der Waals surface area contributed by atoms with Gasteiger partial charge in [0.05, 0.1) is 10.5 Å². The van der Waals surface area contributed by atoms with Gasteiger partial charge in [0.15, 0.2) is 0 Å². The molecule has 0 aromatic heterocycles. The van der Waals surface area contributed by atoms with Crippen molar-refractivity contribution < 1.29 is 35.9 Å². The Morgan fingerprint density at radius 1 is 1.17 bits per heavy atom. The van der Waals surface area contributed by atoms with Gasteiger partial charge in [0, 0.05) is 19.1 Å². The lowest BCUT2D eigenvalue weighted by Gasteiger charge is -2.26. The lowest BCUT2D eigenvalue weighted by atomic mass is 9.97. The van der Waals surface area contributed by atoms with Crippen LogP contribution >= 0.6 is 0 Å². The number of rotatable bonds is 7. The number of carbonyl (C=O) groups is 2. The molecule has 3 rings (SSSR count). The first kappa shape index (κ1) is 28.2. The van der Waals surface area contributed by atoms with Gasteiger partial charge < -0.3 is 15.4 Å². The second-order valence-electron chi connectivity index (χ2n) is 10.5. The molecule has 1 aromatic carbocycles. The molecule has 2 N–H and O–H groups in total. The smallest absolute Gasteiger partial charge is 0.416 e. The molecule has 0 unspecified atom stereocenters. The molecule has 0 bridgehead atoms. The summed E-state index contributed by atoms with van der Waals surface area (Å²) in [7, 11) is -4.13. The molecule has 2 fully saturated rings. The van der Waals surface area contributed by atoms with E-state index >= 15 is 0 Å². The summed E-state index contributed by atoms with van der Waals surface area (Å²) in [6.45, 7) is 7.34. The van der Waals surface area contributed by atoms with E-state index < -0.39 is 44.4 Å². The highest BCUT2D eigenvalue weighted by molar-refractivity contribution is 7.89. The van der Waals surface area contributed by atoms with Crippen LogP contribution in [0.1, 0.15) is 58.9 Å². The average Bonchev–Trinajstić information content (AvgIpc) is 3.34. The summed E-state index contributed by atoms with van der Waals surface area (Å²) in [5, 5.41) is 5.57. The van der Waals surface area contributed by atoms with Crippen LogP contribution in [0, 0.1) is 11.8 Å². The van der Waals surface area contributed by atoms with E-state index in [4.69, 9.17) is 4.74 Å². The highest BCUT2D eigenvalue weighted by Gasteiger charge is 2.47. The lowest BCUT2D eigenvalue weighted by molar-refractivity contribution is -0.137. The fourth-order valence-electron chi connectivity index (χ4n) is 4.87. The van der Waals surface area contributed by atoms with Gasteiger partial charge >= 0.3 is 12.3 Å². The molecular formula is C24H34F3N3O5S. The van der Waals surface area contributed by atoms with E-state index in [0.29, 0.717) is 31.7 Å². The Balaban J connectivity index is 1.67. The summed E-state index contributed by atoms with van der Waals surface area (Å²) in [4.78, 5) is 24.8. The molecule has 2 aliphatic rings. The van der Waals surface area contributed by atoms with Crippen molar-refractivity contribution in [3.05, 3.63) is 29.8 Å². The summed E-state index contributed by atoms with van der Waals surface area (Å²) in [6, 6.07) is 2.64. The van der Waals surface area contributed by atoms with Crippen molar-refractivity contribution in [1.82, 2.24) is 14.9 Å². The highest BCUT2D eigenvalue weighted by atomic mass is 32.2. The quantitative estimate of drug-likeness (QED) is 0.553. The maximum absolute atomic E-state index is 13.1. The summed E-state index contributed by atoms with van der Waals surface area (Å²) < 4.78 is 72.0. The maximum Gasteiger partial charge on any atom is 0.416 e. The van der Waals surface area contributed by atoms with Gasteiger partial charge in [-0.1, -0.05) is 19.4 Å². The van der Waals surface area contributed by atoms with E-state index in [1.165, 1.54) is 4.31 Å². The maximum atomic E-state index is 13.1. The van der Waals surface area contributed by atoms with E-state index in [1.54, 1.807) is 20.8 Å². The topological polar surface area (TPSA) is 105 Å². The van der Waals surface area contributed by atoms with Crippen molar-refractivity contribution in [2.24, 2.45) is 11.8 Å². The van der Waals surface area contributed by atoms with Crippen molar-refractivity contribution >= 4 is 22.0 Å². The number of nitrogens with one attached hydrogen (secondary N) is 2. The fourth-order valence-corrected chi connectivity index (χ4v) is 6.45. The van der Waals surface area contributed by atoms with Crippen molar-refractivity contribution in [1.29, 1.82) is 0 Å². The molecule has 8 nitrogen and oxygen atoms in total. The van der Waals surface area contributed by atoms with Crippen molar-refractivity contribution in [2.45, 2.75) is 82.1 Å². The average molecular weight is 534 g/mol. The number of hydrogen-bond acceptors (Lipinski definition) is 5. The molecule has 0 radical (unpaired) electrons. The van der Waals surface area contributed by atoms with Crippen LogP contribution in [0.2, 0.25) is 0 Å². The van der Waals surface area contributed by atoms with Crippen LogP contribution in [0.3, 0.4) is 0 Å². The van der Waals surface area contributed by atoms with Crippen LogP contribution in [-0.2, 0) is 25.7 Å². The molecule has 1 aliphatic carbocycles. The Morgan fingerprint density at radius 3 is 2.47 bits per heavy atom. The number of ether oxygens (including phenoxy) is 1. The number of alkyl halides is 3. The van der Waals surface area contributed by atoms with Crippen molar-refractivity contribution in [3.63, 3.8) is 0 Å². The third kappa shape index (κ3) is 6.70.